The van der Waals surface area contributed by atoms with Gasteiger partial charge in [0.25, 0.3) is 0 Å². The molecule has 0 spiro atoms. The molecule has 36 heavy (non-hydrogen) atoms. The first-order valence-corrected chi connectivity index (χ1v) is 13.1. The van der Waals surface area contributed by atoms with Crippen molar-refractivity contribution in [3.05, 3.63) is 82.8 Å². The molecule has 2 heterocycles. The fraction of sp³-hybridized carbons (Fsp3) is 0.452. The number of nitrogens with zero attached hydrogens (tertiary/aromatic N) is 2. The molecule has 0 atom stereocenters. The molecule has 0 amide bonds. The number of hydrogen-bond donors (Lipinski definition) is 0. The first-order valence-electron chi connectivity index (χ1n) is 13.1. The molecule has 2 aromatic heterocycles. The van der Waals surface area contributed by atoms with Crippen molar-refractivity contribution in [2.45, 2.75) is 66.9 Å². The first kappa shape index (κ1) is 27.5. The van der Waals surface area contributed by atoms with Gasteiger partial charge in [0.1, 0.15) is 0 Å². The summed E-state index contributed by atoms with van der Waals surface area (Å²) in [6.07, 6.45) is 3.38. The summed E-state index contributed by atoms with van der Waals surface area (Å²) in [5.41, 5.74) is 6.56. The Morgan fingerprint density at radius 1 is 0.861 bits per heavy atom. The van der Waals surface area contributed by atoms with E-state index in [-0.39, 0.29) is 5.97 Å². The molecule has 0 aliphatic carbocycles. The molecule has 0 saturated carbocycles. The van der Waals surface area contributed by atoms with Gasteiger partial charge in [-0.15, -0.1) is 0 Å². The maximum absolute atomic E-state index is 12.5. The van der Waals surface area contributed by atoms with Gasteiger partial charge in [-0.2, -0.15) is 0 Å². The smallest absolute Gasteiger partial charge is 0.339 e. The monoisotopic (exact) mass is 488 g/mol. The molecule has 1 aromatic carbocycles. The van der Waals surface area contributed by atoms with E-state index < -0.39 is 0 Å². The summed E-state index contributed by atoms with van der Waals surface area (Å²) in [4.78, 5) is 22.5. The summed E-state index contributed by atoms with van der Waals surface area (Å²) in [5, 5.41) is 0. The molecule has 0 saturated heterocycles. The first-order chi connectivity index (χ1) is 17.4. The molecule has 3 rings (SSSR count). The van der Waals surface area contributed by atoms with E-state index in [2.05, 4.69) is 52.0 Å². The van der Waals surface area contributed by atoms with E-state index in [0.717, 1.165) is 54.0 Å². The summed E-state index contributed by atoms with van der Waals surface area (Å²) < 4.78 is 11.1. The third kappa shape index (κ3) is 8.27. The lowest BCUT2D eigenvalue weighted by atomic mass is 9.98. The maximum Gasteiger partial charge on any atom is 0.339 e. The Bertz CT molecular complexity index is 1110. The van der Waals surface area contributed by atoms with Crippen LogP contribution in [0.5, 0.6) is 0 Å². The lowest BCUT2D eigenvalue weighted by Crippen LogP contribution is -2.12. The van der Waals surface area contributed by atoms with Crippen molar-refractivity contribution in [3.8, 4) is 11.3 Å². The zero-order valence-electron chi connectivity index (χ0n) is 22.4. The van der Waals surface area contributed by atoms with Crippen molar-refractivity contribution in [1.29, 1.82) is 0 Å². The van der Waals surface area contributed by atoms with Crippen molar-refractivity contribution in [1.82, 2.24) is 9.97 Å². The van der Waals surface area contributed by atoms with Gasteiger partial charge in [-0.1, -0.05) is 58.0 Å². The highest BCUT2D eigenvalue weighted by Gasteiger charge is 2.18. The third-order valence-corrected chi connectivity index (χ3v) is 5.81. The van der Waals surface area contributed by atoms with Crippen LogP contribution < -0.4 is 0 Å². The highest BCUT2D eigenvalue weighted by Crippen LogP contribution is 2.26. The van der Waals surface area contributed by atoms with E-state index in [1.54, 1.807) is 0 Å². The van der Waals surface area contributed by atoms with Gasteiger partial charge in [-0.25, -0.2) is 4.79 Å². The summed E-state index contributed by atoms with van der Waals surface area (Å²) in [7, 11) is 0. The van der Waals surface area contributed by atoms with Crippen LogP contribution in [-0.4, -0.2) is 29.2 Å². The lowest BCUT2D eigenvalue weighted by Gasteiger charge is -2.15. The van der Waals surface area contributed by atoms with Gasteiger partial charge in [0.05, 0.1) is 35.9 Å². The second-order valence-corrected chi connectivity index (χ2v) is 10.0. The number of aromatic nitrogens is 2. The Kier molecular flexibility index (Phi) is 10.6. The molecule has 0 aliphatic heterocycles. The van der Waals surface area contributed by atoms with Gasteiger partial charge in [0.2, 0.25) is 0 Å². The standard InChI is InChI=1S/C31H40N2O3/c1-6-36-31(34)27-16-17-28(33-30(27)20-23(4)5)26-15-14-25(32-29(26)19-22(2)3)13-10-18-35-21-24-11-8-7-9-12-24/h7-9,11-12,14-17,22-23H,6,10,13,18-21H2,1-5H3. The van der Waals surface area contributed by atoms with E-state index >= 15 is 0 Å². The third-order valence-electron chi connectivity index (χ3n) is 5.81. The van der Waals surface area contributed by atoms with Crippen LogP contribution in [-0.2, 0) is 35.3 Å². The van der Waals surface area contributed by atoms with Crippen molar-refractivity contribution >= 4 is 5.97 Å². The predicted molar refractivity (Wildman–Crippen MR) is 145 cm³/mol. The minimum Gasteiger partial charge on any atom is -0.462 e. The molecule has 0 aliphatic rings. The van der Waals surface area contributed by atoms with Gasteiger partial charge >= 0.3 is 5.97 Å². The van der Waals surface area contributed by atoms with Gasteiger partial charge in [0.15, 0.2) is 0 Å². The average Bonchev–Trinajstić information content (AvgIpc) is 2.84. The minimum atomic E-state index is -0.308. The van der Waals surface area contributed by atoms with Crippen molar-refractivity contribution < 1.29 is 14.3 Å². The van der Waals surface area contributed by atoms with E-state index in [1.807, 2.05) is 37.3 Å². The lowest BCUT2D eigenvalue weighted by molar-refractivity contribution is 0.0524. The minimum absolute atomic E-state index is 0.308. The molecule has 0 fully saturated rings. The number of carbonyl (C=O) groups is 1. The number of pyridine rings is 2. The predicted octanol–water partition coefficient (Wildman–Crippen LogP) is 6.87. The fourth-order valence-corrected chi connectivity index (χ4v) is 4.17. The van der Waals surface area contributed by atoms with Crippen LogP contribution in [0.25, 0.3) is 11.3 Å². The number of rotatable bonds is 13. The number of carbonyl (C=O) groups excluding carboxylic acids is 1. The normalized spacial score (nSPS) is 11.3. The second kappa shape index (κ2) is 13.9. The molecule has 5 heteroatoms. The number of benzene rings is 1. The number of hydrogen-bond acceptors (Lipinski definition) is 5. The van der Waals surface area contributed by atoms with E-state index in [1.165, 1.54) is 5.56 Å². The van der Waals surface area contributed by atoms with Crippen LogP contribution in [0.2, 0.25) is 0 Å². The summed E-state index contributed by atoms with van der Waals surface area (Å²) >= 11 is 0. The fourth-order valence-electron chi connectivity index (χ4n) is 4.17. The summed E-state index contributed by atoms with van der Waals surface area (Å²) in [5.74, 6) is 0.535. The molecule has 192 valence electrons. The van der Waals surface area contributed by atoms with Crippen LogP contribution in [0.4, 0.5) is 0 Å². The summed E-state index contributed by atoms with van der Waals surface area (Å²) in [6, 6.07) is 18.3. The Labute approximate surface area is 216 Å². The van der Waals surface area contributed by atoms with E-state index in [9.17, 15) is 4.79 Å². The van der Waals surface area contributed by atoms with Crippen LogP contribution >= 0.6 is 0 Å². The van der Waals surface area contributed by atoms with Crippen LogP contribution in [0.3, 0.4) is 0 Å². The molecule has 0 bridgehead atoms. The Morgan fingerprint density at radius 3 is 2.28 bits per heavy atom. The SMILES string of the molecule is CCOC(=O)c1ccc(-c2ccc(CCCOCc3ccccc3)nc2CC(C)C)nc1CC(C)C. The molecular weight excluding hydrogens is 448 g/mol. The molecule has 0 radical (unpaired) electrons. The zero-order chi connectivity index (χ0) is 25.9. The average molecular weight is 489 g/mol. The molecule has 0 unspecified atom stereocenters. The van der Waals surface area contributed by atoms with Crippen molar-refractivity contribution in [2.75, 3.05) is 13.2 Å². The largest absolute Gasteiger partial charge is 0.462 e. The van der Waals surface area contributed by atoms with Gasteiger partial charge in [0, 0.05) is 17.9 Å². The van der Waals surface area contributed by atoms with E-state index in [0.29, 0.717) is 37.2 Å². The molecular formula is C31H40N2O3. The number of esters is 1. The molecule has 3 aromatic rings. The van der Waals surface area contributed by atoms with Crippen LogP contribution in [0.15, 0.2) is 54.6 Å². The summed E-state index contributed by atoms with van der Waals surface area (Å²) in [6.45, 7) is 12.2. The van der Waals surface area contributed by atoms with Crippen molar-refractivity contribution in [2.24, 2.45) is 11.8 Å². The molecule has 0 N–H and O–H groups in total. The quantitative estimate of drug-likeness (QED) is 0.194. The van der Waals surface area contributed by atoms with Gasteiger partial charge in [-0.05, 0) is 74.3 Å². The van der Waals surface area contributed by atoms with Gasteiger partial charge in [-0.3, -0.25) is 9.97 Å². The Hall–Kier alpha value is -3.05. The van der Waals surface area contributed by atoms with Crippen molar-refractivity contribution in [3.63, 3.8) is 0 Å². The number of ether oxygens (including phenoxy) is 2. The topological polar surface area (TPSA) is 61.3 Å². The highest BCUT2D eigenvalue weighted by molar-refractivity contribution is 5.91. The van der Waals surface area contributed by atoms with E-state index in [4.69, 9.17) is 19.4 Å². The van der Waals surface area contributed by atoms with Gasteiger partial charge < -0.3 is 9.47 Å². The number of aryl methyl sites for hydroxylation is 1. The Morgan fingerprint density at radius 2 is 1.58 bits per heavy atom. The van der Waals surface area contributed by atoms with Crippen LogP contribution in [0, 0.1) is 11.8 Å². The maximum atomic E-state index is 12.5. The Balaban J connectivity index is 1.76. The van der Waals surface area contributed by atoms with Crippen LogP contribution in [0.1, 0.15) is 74.0 Å². The second-order valence-electron chi connectivity index (χ2n) is 10.0. The zero-order valence-corrected chi connectivity index (χ0v) is 22.4. The molecule has 5 nitrogen and oxygen atoms in total. The highest BCUT2D eigenvalue weighted by atomic mass is 16.5.